The summed E-state index contributed by atoms with van der Waals surface area (Å²) in [7, 11) is 0. The Hall–Kier alpha value is -1.54. The molecule has 0 N–H and O–H groups in total. The first-order valence-corrected chi connectivity index (χ1v) is 10.1. The minimum absolute atomic E-state index is 0.00487. The van der Waals surface area contributed by atoms with Crippen LogP contribution in [0, 0.1) is 5.92 Å². The van der Waals surface area contributed by atoms with E-state index in [2.05, 4.69) is 25.3 Å². The minimum atomic E-state index is -0.00487. The average molecular weight is 360 g/mol. The molecule has 2 aliphatic carbocycles. The fourth-order valence-electron chi connectivity index (χ4n) is 4.53. The number of hydrogen-bond donors (Lipinski definition) is 0. The molecule has 0 atom stereocenters. The van der Waals surface area contributed by atoms with Crippen LogP contribution in [0.5, 0.6) is 0 Å². The largest absolute Gasteiger partial charge is 0.381 e. The lowest BCUT2D eigenvalue weighted by Crippen LogP contribution is -2.55. The molecule has 8 nitrogen and oxygen atoms in total. The van der Waals surface area contributed by atoms with Crippen molar-refractivity contribution in [2.75, 3.05) is 32.8 Å². The highest BCUT2D eigenvalue weighted by molar-refractivity contribution is 5.82. The number of nitrogens with zero attached hydrogens (tertiary/aromatic N) is 6. The van der Waals surface area contributed by atoms with Gasteiger partial charge in [-0.25, -0.2) is 4.68 Å². The predicted octanol–water partition coefficient (Wildman–Crippen LogP) is 1.00. The number of carbonyl (C=O) groups is 1. The Morgan fingerprint density at radius 3 is 2.62 bits per heavy atom. The first-order chi connectivity index (χ1) is 12.8. The zero-order chi connectivity index (χ0) is 17.6. The summed E-state index contributed by atoms with van der Waals surface area (Å²) in [5.41, 5.74) is -0.00487. The van der Waals surface area contributed by atoms with Crippen LogP contribution in [0.1, 0.15) is 56.8 Å². The van der Waals surface area contributed by atoms with Crippen molar-refractivity contribution in [3.05, 3.63) is 5.82 Å². The Morgan fingerprint density at radius 2 is 1.88 bits per heavy atom. The summed E-state index contributed by atoms with van der Waals surface area (Å²) in [5.74, 6) is 1.63. The topological polar surface area (TPSA) is 76.4 Å². The maximum absolute atomic E-state index is 13.0. The van der Waals surface area contributed by atoms with Gasteiger partial charge >= 0.3 is 0 Å². The van der Waals surface area contributed by atoms with Gasteiger partial charge in [-0.05, 0) is 55.4 Å². The molecule has 142 valence electrons. The number of aromatic nitrogens is 4. The second-order valence-electron chi connectivity index (χ2n) is 8.40. The summed E-state index contributed by atoms with van der Waals surface area (Å²) in [6.07, 6.45) is 7.48. The molecule has 26 heavy (non-hydrogen) atoms. The van der Waals surface area contributed by atoms with Gasteiger partial charge in [-0.15, -0.1) is 5.10 Å². The van der Waals surface area contributed by atoms with Crippen molar-refractivity contribution in [1.29, 1.82) is 0 Å². The summed E-state index contributed by atoms with van der Waals surface area (Å²) in [4.78, 5) is 17.7. The third-order valence-electron chi connectivity index (χ3n) is 6.54. The van der Waals surface area contributed by atoms with Crippen LogP contribution >= 0.6 is 0 Å². The Morgan fingerprint density at radius 1 is 1.08 bits per heavy atom. The molecule has 0 bridgehead atoms. The van der Waals surface area contributed by atoms with E-state index in [1.807, 2.05) is 4.68 Å². The van der Waals surface area contributed by atoms with Crippen LogP contribution in [-0.2, 0) is 16.1 Å². The smallest absolute Gasteiger partial charge is 0.226 e. The van der Waals surface area contributed by atoms with Gasteiger partial charge in [0.05, 0.1) is 12.6 Å². The lowest BCUT2D eigenvalue weighted by Gasteiger charge is -2.45. The molecule has 1 aromatic rings. The number of hydrogen-bond acceptors (Lipinski definition) is 6. The SMILES string of the molecule is O=C(C1CC1)N1CCN(Cc2nnnn2C2CC2)CCC12CCOCC2. The molecule has 4 aliphatic rings. The van der Waals surface area contributed by atoms with Gasteiger partial charge in [0.2, 0.25) is 5.91 Å². The third-order valence-corrected chi connectivity index (χ3v) is 6.54. The molecule has 2 aliphatic heterocycles. The number of ether oxygens (including phenoxy) is 1. The Kier molecular flexibility index (Phi) is 4.20. The highest BCUT2D eigenvalue weighted by atomic mass is 16.5. The molecule has 2 saturated carbocycles. The van der Waals surface area contributed by atoms with Crippen LogP contribution < -0.4 is 0 Å². The molecule has 1 spiro atoms. The van der Waals surface area contributed by atoms with E-state index in [9.17, 15) is 4.79 Å². The lowest BCUT2D eigenvalue weighted by molar-refractivity contribution is -0.143. The van der Waals surface area contributed by atoms with Gasteiger partial charge in [0.25, 0.3) is 0 Å². The van der Waals surface area contributed by atoms with Crippen LogP contribution in [0.3, 0.4) is 0 Å². The Bertz CT molecular complexity index is 662. The summed E-state index contributed by atoms with van der Waals surface area (Å²) >= 11 is 0. The van der Waals surface area contributed by atoms with Crippen LogP contribution in [-0.4, -0.2) is 74.3 Å². The van der Waals surface area contributed by atoms with Gasteiger partial charge in [0.15, 0.2) is 5.82 Å². The van der Waals surface area contributed by atoms with Gasteiger partial charge in [-0.1, -0.05) is 0 Å². The second-order valence-corrected chi connectivity index (χ2v) is 8.40. The molecular formula is C18H28N6O2. The second kappa shape index (κ2) is 6.56. The van der Waals surface area contributed by atoms with E-state index in [1.165, 1.54) is 12.8 Å². The summed E-state index contributed by atoms with van der Waals surface area (Å²) in [5, 5.41) is 12.3. The maximum atomic E-state index is 13.0. The molecule has 8 heteroatoms. The fourth-order valence-corrected chi connectivity index (χ4v) is 4.53. The monoisotopic (exact) mass is 360 g/mol. The van der Waals surface area contributed by atoms with Gasteiger partial charge < -0.3 is 9.64 Å². The van der Waals surface area contributed by atoms with Gasteiger partial charge in [-0.3, -0.25) is 9.69 Å². The highest BCUT2D eigenvalue weighted by Gasteiger charge is 2.46. The fraction of sp³-hybridized carbons (Fsp3) is 0.889. The van der Waals surface area contributed by atoms with E-state index >= 15 is 0 Å². The predicted molar refractivity (Wildman–Crippen MR) is 93.2 cm³/mol. The standard InChI is InChI=1S/C18H28N6O2/c25-17(14-1-2-14)23-10-9-22(8-5-18(23)6-11-26-12-7-18)13-16-19-20-21-24(16)15-3-4-15/h14-15H,1-13H2. The van der Waals surface area contributed by atoms with Crippen molar-refractivity contribution in [2.24, 2.45) is 5.92 Å². The van der Waals surface area contributed by atoms with E-state index in [-0.39, 0.29) is 11.5 Å². The molecule has 0 aromatic carbocycles. The van der Waals surface area contributed by atoms with E-state index in [0.29, 0.717) is 11.9 Å². The van der Waals surface area contributed by atoms with E-state index in [4.69, 9.17) is 4.74 Å². The van der Waals surface area contributed by atoms with Crippen molar-refractivity contribution >= 4 is 5.91 Å². The molecule has 1 amide bonds. The van der Waals surface area contributed by atoms with Crippen molar-refractivity contribution in [3.8, 4) is 0 Å². The summed E-state index contributed by atoms with van der Waals surface area (Å²) in [6.45, 7) is 5.04. The molecule has 2 saturated heterocycles. The highest BCUT2D eigenvalue weighted by Crippen LogP contribution is 2.39. The molecule has 3 heterocycles. The normalized spacial score (nSPS) is 26.8. The Labute approximate surface area is 153 Å². The number of carbonyl (C=O) groups excluding carboxylic acids is 1. The third kappa shape index (κ3) is 3.13. The molecule has 1 aromatic heterocycles. The lowest BCUT2D eigenvalue weighted by atomic mass is 9.84. The molecule has 0 unspecified atom stereocenters. The van der Waals surface area contributed by atoms with Crippen molar-refractivity contribution < 1.29 is 9.53 Å². The van der Waals surface area contributed by atoms with Gasteiger partial charge in [0, 0.05) is 44.3 Å². The molecular weight excluding hydrogens is 332 g/mol. The van der Waals surface area contributed by atoms with Crippen LogP contribution in [0.25, 0.3) is 0 Å². The zero-order valence-corrected chi connectivity index (χ0v) is 15.3. The first kappa shape index (κ1) is 16.6. The average Bonchev–Trinajstić information content (AvgIpc) is 3.57. The van der Waals surface area contributed by atoms with E-state index in [1.54, 1.807) is 0 Å². The Balaban J connectivity index is 1.32. The zero-order valence-electron chi connectivity index (χ0n) is 15.3. The van der Waals surface area contributed by atoms with Gasteiger partial charge in [-0.2, -0.15) is 0 Å². The molecule has 5 rings (SSSR count). The summed E-state index contributed by atoms with van der Waals surface area (Å²) in [6, 6.07) is 0.502. The van der Waals surface area contributed by atoms with Crippen molar-refractivity contribution in [1.82, 2.24) is 30.0 Å². The van der Waals surface area contributed by atoms with Crippen LogP contribution in [0.15, 0.2) is 0 Å². The first-order valence-electron chi connectivity index (χ1n) is 10.1. The van der Waals surface area contributed by atoms with Crippen molar-refractivity contribution in [2.45, 2.75) is 63.1 Å². The number of amides is 1. The molecule has 4 fully saturated rings. The number of tetrazole rings is 1. The number of rotatable bonds is 4. The van der Waals surface area contributed by atoms with E-state index in [0.717, 1.165) is 77.3 Å². The summed E-state index contributed by atoms with van der Waals surface area (Å²) < 4.78 is 7.62. The van der Waals surface area contributed by atoms with Crippen LogP contribution in [0.2, 0.25) is 0 Å². The quantitative estimate of drug-likeness (QED) is 0.797. The van der Waals surface area contributed by atoms with Gasteiger partial charge in [0.1, 0.15) is 0 Å². The molecule has 0 radical (unpaired) electrons. The van der Waals surface area contributed by atoms with E-state index < -0.39 is 0 Å². The van der Waals surface area contributed by atoms with Crippen LogP contribution in [0.4, 0.5) is 0 Å². The van der Waals surface area contributed by atoms with Crippen molar-refractivity contribution in [3.63, 3.8) is 0 Å². The minimum Gasteiger partial charge on any atom is -0.381 e. The maximum Gasteiger partial charge on any atom is 0.226 e.